The maximum atomic E-state index is 10.5. The molecule has 0 saturated heterocycles. The molecule has 0 radical (unpaired) electrons. The van der Waals surface area contributed by atoms with Crippen molar-refractivity contribution in [3.63, 3.8) is 0 Å². The van der Waals surface area contributed by atoms with Crippen molar-refractivity contribution >= 4 is 18.3 Å². The number of thiol groups is 1. The molecule has 0 aromatic heterocycles. The van der Waals surface area contributed by atoms with E-state index in [1.54, 1.807) is 0 Å². The Morgan fingerprint density at radius 3 is 2.21 bits per heavy atom. The van der Waals surface area contributed by atoms with Gasteiger partial charge in [0.1, 0.15) is 0 Å². The van der Waals surface area contributed by atoms with Gasteiger partial charge in [0.05, 0.1) is 30.1 Å². The van der Waals surface area contributed by atoms with Gasteiger partial charge in [-0.15, -0.1) is 12.6 Å². The van der Waals surface area contributed by atoms with Gasteiger partial charge in [0, 0.05) is 6.07 Å². The van der Waals surface area contributed by atoms with Crippen LogP contribution in [0.1, 0.15) is 0 Å². The number of ether oxygens (including phenoxy) is 2. The van der Waals surface area contributed by atoms with Gasteiger partial charge in [-0.3, -0.25) is 10.1 Å². The lowest BCUT2D eigenvalue weighted by Crippen LogP contribution is -1.95. The van der Waals surface area contributed by atoms with Crippen LogP contribution in [0, 0.1) is 10.1 Å². The predicted molar refractivity (Wildman–Crippen MR) is 53.5 cm³/mol. The number of benzene rings is 1. The number of hydrogen-bond acceptors (Lipinski definition) is 5. The second-order valence-corrected chi connectivity index (χ2v) is 2.93. The Kier molecular flexibility index (Phi) is 3.19. The second-order valence-electron chi connectivity index (χ2n) is 2.45. The first-order chi connectivity index (χ1) is 6.60. The molecule has 0 spiro atoms. The van der Waals surface area contributed by atoms with Crippen LogP contribution >= 0.6 is 12.6 Å². The van der Waals surface area contributed by atoms with Crippen LogP contribution in [0.25, 0.3) is 0 Å². The molecule has 5 nitrogen and oxygen atoms in total. The average Bonchev–Trinajstić information content (AvgIpc) is 2.16. The molecular formula is C8H9NO4S. The molecule has 14 heavy (non-hydrogen) atoms. The van der Waals surface area contributed by atoms with Crippen LogP contribution in [0.2, 0.25) is 0 Å². The third-order valence-electron chi connectivity index (χ3n) is 1.68. The molecule has 0 aliphatic carbocycles. The monoisotopic (exact) mass is 215 g/mol. The molecule has 0 heterocycles. The summed E-state index contributed by atoms with van der Waals surface area (Å²) in [6.07, 6.45) is 0. The summed E-state index contributed by atoms with van der Waals surface area (Å²) >= 11 is 3.97. The number of nitro benzene ring substituents is 1. The highest BCUT2D eigenvalue weighted by molar-refractivity contribution is 7.80. The van der Waals surface area contributed by atoms with Crippen molar-refractivity contribution in [3.05, 3.63) is 22.2 Å². The Balaban J connectivity index is 3.30. The number of hydrogen-bond donors (Lipinski definition) is 1. The molecule has 0 bridgehead atoms. The quantitative estimate of drug-likeness (QED) is 0.475. The Bertz CT molecular complexity index is 367. The summed E-state index contributed by atoms with van der Waals surface area (Å²) in [6, 6.07) is 2.72. The van der Waals surface area contributed by atoms with E-state index in [9.17, 15) is 10.1 Å². The van der Waals surface area contributed by atoms with Gasteiger partial charge in [0.2, 0.25) is 0 Å². The van der Waals surface area contributed by atoms with Gasteiger partial charge >= 0.3 is 0 Å². The van der Waals surface area contributed by atoms with E-state index in [0.717, 1.165) is 0 Å². The van der Waals surface area contributed by atoms with Crippen molar-refractivity contribution in [1.29, 1.82) is 0 Å². The second kappa shape index (κ2) is 4.19. The SMILES string of the molecule is COc1cc(S)c([N+](=O)[O-])cc1OC. The van der Waals surface area contributed by atoms with Crippen molar-refractivity contribution in [3.8, 4) is 11.5 Å². The van der Waals surface area contributed by atoms with E-state index in [2.05, 4.69) is 12.6 Å². The summed E-state index contributed by atoms with van der Waals surface area (Å²) < 4.78 is 9.87. The maximum absolute atomic E-state index is 10.5. The van der Waals surface area contributed by atoms with E-state index < -0.39 is 4.92 Å². The third-order valence-corrected chi connectivity index (χ3v) is 2.04. The number of nitro groups is 1. The van der Waals surface area contributed by atoms with Gasteiger partial charge in [-0.2, -0.15) is 0 Å². The fourth-order valence-corrected chi connectivity index (χ4v) is 1.27. The molecule has 0 fully saturated rings. The minimum atomic E-state index is -0.524. The highest BCUT2D eigenvalue weighted by atomic mass is 32.1. The normalized spacial score (nSPS) is 9.64. The topological polar surface area (TPSA) is 61.6 Å². The Labute approximate surface area is 86.2 Å². The van der Waals surface area contributed by atoms with E-state index in [0.29, 0.717) is 11.5 Å². The van der Waals surface area contributed by atoms with Crippen molar-refractivity contribution in [2.75, 3.05) is 14.2 Å². The first-order valence-corrected chi connectivity index (χ1v) is 4.14. The summed E-state index contributed by atoms with van der Waals surface area (Å²) in [4.78, 5) is 10.3. The van der Waals surface area contributed by atoms with E-state index in [1.165, 1.54) is 26.4 Å². The van der Waals surface area contributed by atoms with Gasteiger partial charge in [0.15, 0.2) is 11.5 Å². The standard InChI is InChI=1S/C8H9NO4S/c1-12-6-3-5(9(10)11)8(14)4-7(6)13-2/h3-4,14H,1-2H3. The summed E-state index contributed by atoms with van der Waals surface area (Å²) in [5.74, 6) is 0.736. The highest BCUT2D eigenvalue weighted by Gasteiger charge is 2.16. The first-order valence-electron chi connectivity index (χ1n) is 3.69. The van der Waals surface area contributed by atoms with Crippen LogP contribution in [0.5, 0.6) is 11.5 Å². The summed E-state index contributed by atoms with van der Waals surface area (Å²) in [5.41, 5.74) is -0.106. The molecule has 0 amide bonds. The molecule has 1 aromatic rings. The largest absolute Gasteiger partial charge is 0.493 e. The summed E-state index contributed by atoms with van der Waals surface area (Å²) in [6.45, 7) is 0. The minimum absolute atomic E-state index is 0.106. The summed E-state index contributed by atoms with van der Waals surface area (Å²) in [5, 5.41) is 10.5. The fourth-order valence-electron chi connectivity index (χ4n) is 1.00. The number of methoxy groups -OCH3 is 2. The molecule has 0 aliphatic heterocycles. The van der Waals surface area contributed by atoms with Crippen molar-refractivity contribution < 1.29 is 14.4 Å². The molecule has 0 N–H and O–H groups in total. The fraction of sp³-hybridized carbons (Fsp3) is 0.250. The van der Waals surface area contributed by atoms with Crippen LogP contribution in [-0.4, -0.2) is 19.1 Å². The molecule has 6 heteroatoms. The van der Waals surface area contributed by atoms with Crippen LogP contribution in [0.3, 0.4) is 0 Å². The molecule has 76 valence electrons. The molecular weight excluding hydrogens is 206 g/mol. The zero-order valence-electron chi connectivity index (χ0n) is 7.68. The van der Waals surface area contributed by atoms with Gasteiger partial charge in [0.25, 0.3) is 5.69 Å². The van der Waals surface area contributed by atoms with E-state index in [4.69, 9.17) is 9.47 Å². The lowest BCUT2D eigenvalue weighted by atomic mass is 10.3. The minimum Gasteiger partial charge on any atom is -0.493 e. The van der Waals surface area contributed by atoms with Crippen LogP contribution in [0.15, 0.2) is 17.0 Å². The zero-order chi connectivity index (χ0) is 10.7. The lowest BCUT2D eigenvalue weighted by Gasteiger charge is -2.07. The molecule has 0 aliphatic rings. The Morgan fingerprint density at radius 1 is 1.29 bits per heavy atom. The summed E-state index contributed by atoms with van der Waals surface area (Å²) in [7, 11) is 2.87. The van der Waals surface area contributed by atoms with Crippen LogP contribution in [0.4, 0.5) is 5.69 Å². The first kappa shape index (κ1) is 10.6. The lowest BCUT2D eigenvalue weighted by molar-refractivity contribution is -0.387. The van der Waals surface area contributed by atoms with Crippen molar-refractivity contribution in [2.45, 2.75) is 4.90 Å². The molecule has 0 unspecified atom stereocenters. The molecule has 0 saturated carbocycles. The molecule has 1 rings (SSSR count). The smallest absolute Gasteiger partial charge is 0.286 e. The molecule has 1 aromatic carbocycles. The van der Waals surface area contributed by atoms with E-state index >= 15 is 0 Å². The Hall–Kier alpha value is -1.43. The predicted octanol–water partition coefficient (Wildman–Crippen LogP) is 1.90. The van der Waals surface area contributed by atoms with Gasteiger partial charge < -0.3 is 9.47 Å². The third kappa shape index (κ3) is 1.90. The highest BCUT2D eigenvalue weighted by Crippen LogP contribution is 2.35. The number of rotatable bonds is 3. The van der Waals surface area contributed by atoms with Gasteiger partial charge in [-0.25, -0.2) is 0 Å². The van der Waals surface area contributed by atoms with Crippen LogP contribution in [-0.2, 0) is 0 Å². The van der Waals surface area contributed by atoms with Gasteiger partial charge in [-0.1, -0.05) is 0 Å². The average molecular weight is 215 g/mol. The van der Waals surface area contributed by atoms with Gasteiger partial charge in [-0.05, 0) is 0 Å². The zero-order valence-corrected chi connectivity index (χ0v) is 8.58. The van der Waals surface area contributed by atoms with Crippen molar-refractivity contribution in [1.82, 2.24) is 0 Å². The van der Waals surface area contributed by atoms with Crippen molar-refractivity contribution in [2.24, 2.45) is 0 Å². The van der Waals surface area contributed by atoms with Crippen LogP contribution < -0.4 is 9.47 Å². The molecule has 0 atom stereocenters. The Morgan fingerprint density at radius 2 is 1.79 bits per heavy atom. The number of nitrogens with zero attached hydrogens (tertiary/aromatic N) is 1. The van der Waals surface area contributed by atoms with E-state index in [-0.39, 0.29) is 10.6 Å². The van der Waals surface area contributed by atoms with E-state index in [1.807, 2.05) is 0 Å². The maximum Gasteiger partial charge on any atom is 0.286 e.